The van der Waals surface area contributed by atoms with Crippen LogP contribution in [0.1, 0.15) is 5.01 Å². The molecule has 1 unspecified atom stereocenters. The number of rotatable bonds is 8. The van der Waals surface area contributed by atoms with Crippen molar-refractivity contribution in [3.05, 3.63) is 65.7 Å². The number of hydrogen-bond acceptors (Lipinski definition) is 7. The second-order valence-corrected chi connectivity index (χ2v) is 10.2. The summed E-state index contributed by atoms with van der Waals surface area (Å²) in [7, 11) is 0. The fourth-order valence-corrected chi connectivity index (χ4v) is 5.26. The molecule has 1 saturated heterocycles. The zero-order chi connectivity index (χ0) is 24.2. The number of piperazine rings is 1. The lowest BCUT2D eigenvalue weighted by atomic mass is 10.1. The molecule has 4 aromatic rings. The summed E-state index contributed by atoms with van der Waals surface area (Å²) in [6.07, 6.45) is -0.578. The summed E-state index contributed by atoms with van der Waals surface area (Å²) in [5.74, 6) is 0.721. The molecule has 0 saturated carbocycles. The highest BCUT2D eigenvalue weighted by molar-refractivity contribution is 7.18. The van der Waals surface area contributed by atoms with Gasteiger partial charge in [0.25, 0.3) is 0 Å². The number of ether oxygens (including phenoxy) is 1. The number of aryl methyl sites for hydroxylation is 1. The molecule has 5 rings (SSSR count). The van der Waals surface area contributed by atoms with E-state index in [9.17, 15) is 9.90 Å². The van der Waals surface area contributed by atoms with Crippen molar-refractivity contribution >= 4 is 43.9 Å². The molecule has 1 atom stereocenters. The molecule has 0 bridgehead atoms. The van der Waals surface area contributed by atoms with Crippen LogP contribution in [0, 0.1) is 6.92 Å². The van der Waals surface area contributed by atoms with Gasteiger partial charge in [0.15, 0.2) is 0 Å². The molecule has 3 aromatic carbocycles. The van der Waals surface area contributed by atoms with Gasteiger partial charge in [-0.1, -0.05) is 30.3 Å². The quantitative estimate of drug-likeness (QED) is 0.392. The summed E-state index contributed by atoms with van der Waals surface area (Å²) in [4.78, 5) is 21.4. The Bertz CT molecular complexity index is 1320. The molecule has 8 heteroatoms. The van der Waals surface area contributed by atoms with Crippen molar-refractivity contribution in [1.82, 2.24) is 14.8 Å². The van der Waals surface area contributed by atoms with Crippen LogP contribution in [0.4, 0.5) is 5.69 Å². The van der Waals surface area contributed by atoms with Crippen molar-refractivity contribution in [3.8, 4) is 5.75 Å². The third kappa shape index (κ3) is 6.15. The minimum atomic E-state index is -0.578. The van der Waals surface area contributed by atoms with E-state index in [4.69, 9.17) is 4.74 Å². The number of carbonyl (C=O) groups is 1. The first-order valence-electron chi connectivity index (χ1n) is 11.9. The van der Waals surface area contributed by atoms with E-state index in [1.807, 2.05) is 61.5 Å². The Hall–Kier alpha value is -3.04. The lowest BCUT2D eigenvalue weighted by molar-refractivity contribution is -0.117. The number of benzene rings is 3. The Balaban J connectivity index is 1.03. The van der Waals surface area contributed by atoms with Crippen LogP contribution in [-0.4, -0.2) is 77.8 Å². The summed E-state index contributed by atoms with van der Waals surface area (Å²) in [5, 5.41) is 16.8. The molecule has 2 N–H and O–H groups in total. The number of aromatic nitrogens is 1. The van der Waals surface area contributed by atoms with Crippen LogP contribution in [0.25, 0.3) is 21.0 Å². The molecule has 7 nitrogen and oxygen atoms in total. The number of fused-ring (bicyclic) bond motifs is 2. The number of aliphatic hydroxyl groups is 1. The molecule has 1 aliphatic heterocycles. The average Bonchev–Trinajstić information content (AvgIpc) is 3.23. The van der Waals surface area contributed by atoms with E-state index >= 15 is 0 Å². The summed E-state index contributed by atoms with van der Waals surface area (Å²) >= 11 is 1.66. The number of nitrogens with zero attached hydrogens (tertiary/aromatic N) is 3. The molecule has 0 spiro atoms. The van der Waals surface area contributed by atoms with Crippen LogP contribution in [-0.2, 0) is 4.79 Å². The van der Waals surface area contributed by atoms with Crippen LogP contribution in [0.15, 0.2) is 60.7 Å². The summed E-state index contributed by atoms with van der Waals surface area (Å²) in [6, 6.07) is 19.9. The second-order valence-electron chi connectivity index (χ2n) is 9.01. The highest BCUT2D eigenvalue weighted by atomic mass is 32.1. The zero-order valence-electron chi connectivity index (χ0n) is 19.8. The van der Waals surface area contributed by atoms with Crippen molar-refractivity contribution in [2.45, 2.75) is 13.0 Å². The first-order chi connectivity index (χ1) is 17.0. The molecule has 1 aliphatic rings. The van der Waals surface area contributed by atoms with E-state index in [1.165, 1.54) is 0 Å². The molecule has 2 heterocycles. The number of aliphatic hydroxyl groups excluding tert-OH is 1. The van der Waals surface area contributed by atoms with Crippen LogP contribution in [0.3, 0.4) is 0 Å². The van der Waals surface area contributed by atoms with Crippen LogP contribution in [0.5, 0.6) is 5.75 Å². The van der Waals surface area contributed by atoms with Gasteiger partial charge in [-0.2, -0.15) is 0 Å². The van der Waals surface area contributed by atoms with Crippen molar-refractivity contribution in [2.24, 2.45) is 0 Å². The number of β-amino-alcohol motifs (C(OH)–C–C–N with tert-alkyl or cyclic N) is 1. The molecular formula is C27H30N4O3S. The van der Waals surface area contributed by atoms with Gasteiger partial charge in [0.05, 0.1) is 21.8 Å². The summed E-state index contributed by atoms with van der Waals surface area (Å²) in [5.41, 5.74) is 1.75. The normalized spacial score (nSPS) is 15.9. The van der Waals surface area contributed by atoms with E-state index in [1.54, 1.807) is 11.3 Å². The molecular weight excluding hydrogens is 460 g/mol. The van der Waals surface area contributed by atoms with Crippen molar-refractivity contribution in [1.29, 1.82) is 0 Å². The fourth-order valence-electron chi connectivity index (χ4n) is 4.46. The van der Waals surface area contributed by atoms with Gasteiger partial charge in [-0.05, 0) is 42.0 Å². The maximum absolute atomic E-state index is 12.6. The predicted octanol–water partition coefficient (Wildman–Crippen LogP) is 3.75. The van der Waals surface area contributed by atoms with Crippen molar-refractivity contribution in [2.75, 3.05) is 51.2 Å². The topological polar surface area (TPSA) is 77.9 Å². The first kappa shape index (κ1) is 23.7. The van der Waals surface area contributed by atoms with Gasteiger partial charge in [0.1, 0.15) is 18.5 Å². The van der Waals surface area contributed by atoms with Crippen LogP contribution >= 0.6 is 11.3 Å². The Morgan fingerprint density at radius 3 is 2.66 bits per heavy atom. The van der Waals surface area contributed by atoms with Gasteiger partial charge in [-0.3, -0.25) is 14.6 Å². The lowest BCUT2D eigenvalue weighted by Gasteiger charge is -2.35. The molecule has 1 fully saturated rings. The van der Waals surface area contributed by atoms with E-state index in [2.05, 4.69) is 26.2 Å². The van der Waals surface area contributed by atoms with E-state index < -0.39 is 6.10 Å². The minimum Gasteiger partial charge on any atom is -0.491 e. The number of amides is 1. The minimum absolute atomic E-state index is 0.00515. The predicted molar refractivity (Wildman–Crippen MR) is 141 cm³/mol. The van der Waals surface area contributed by atoms with E-state index in [0.29, 0.717) is 13.1 Å². The Morgan fingerprint density at radius 1 is 1.06 bits per heavy atom. The number of anilines is 1. The number of hydrogen-bond donors (Lipinski definition) is 2. The molecule has 1 amide bonds. The number of carbonyl (C=O) groups excluding carboxylic acids is 1. The van der Waals surface area contributed by atoms with Gasteiger partial charge in [-0.15, -0.1) is 11.3 Å². The first-order valence-corrected chi connectivity index (χ1v) is 12.7. The van der Waals surface area contributed by atoms with E-state index in [-0.39, 0.29) is 12.5 Å². The molecule has 0 radical (unpaired) electrons. The van der Waals surface area contributed by atoms with Gasteiger partial charge < -0.3 is 15.2 Å². The van der Waals surface area contributed by atoms with Crippen molar-refractivity contribution < 1.29 is 14.6 Å². The SMILES string of the molecule is Cc1nc2cc(OCC(O)CN3CCN(CC(=O)Nc4ccc5ccccc5c4)CC3)ccc2s1. The monoisotopic (exact) mass is 490 g/mol. The summed E-state index contributed by atoms with van der Waals surface area (Å²) < 4.78 is 6.95. The van der Waals surface area contributed by atoms with E-state index in [0.717, 1.165) is 63.6 Å². The third-order valence-electron chi connectivity index (χ3n) is 6.24. The van der Waals surface area contributed by atoms with Crippen molar-refractivity contribution in [3.63, 3.8) is 0 Å². The maximum atomic E-state index is 12.6. The Labute approximate surface area is 208 Å². The lowest BCUT2D eigenvalue weighted by Crippen LogP contribution is -2.50. The van der Waals surface area contributed by atoms with Crippen LogP contribution in [0.2, 0.25) is 0 Å². The van der Waals surface area contributed by atoms with Gasteiger partial charge in [-0.25, -0.2) is 4.98 Å². The smallest absolute Gasteiger partial charge is 0.238 e. The third-order valence-corrected chi connectivity index (χ3v) is 7.19. The van der Waals surface area contributed by atoms with Gasteiger partial charge in [0.2, 0.25) is 5.91 Å². The largest absolute Gasteiger partial charge is 0.491 e. The standard InChI is InChI=1S/C27H30N4O3S/c1-19-28-25-15-24(8-9-26(25)35-19)34-18-23(32)16-30-10-12-31(13-11-30)17-27(33)29-22-7-6-20-4-2-3-5-21(20)14-22/h2-9,14-15,23,32H,10-13,16-18H2,1H3,(H,29,33). The average molecular weight is 491 g/mol. The highest BCUT2D eigenvalue weighted by Gasteiger charge is 2.21. The Morgan fingerprint density at radius 2 is 1.83 bits per heavy atom. The number of nitrogens with one attached hydrogen (secondary N) is 1. The van der Waals surface area contributed by atoms with Crippen LogP contribution < -0.4 is 10.1 Å². The maximum Gasteiger partial charge on any atom is 0.238 e. The summed E-state index contributed by atoms with van der Waals surface area (Å²) in [6.45, 7) is 6.35. The molecule has 35 heavy (non-hydrogen) atoms. The molecule has 182 valence electrons. The molecule has 1 aromatic heterocycles. The second kappa shape index (κ2) is 10.7. The zero-order valence-corrected chi connectivity index (χ0v) is 20.6. The highest BCUT2D eigenvalue weighted by Crippen LogP contribution is 2.25. The Kier molecular flexibility index (Phi) is 7.24. The molecule has 0 aliphatic carbocycles. The number of thiazole rings is 1. The van der Waals surface area contributed by atoms with Gasteiger partial charge >= 0.3 is 0 Å². The van der Waals surface area contributed by atoms with Gasteiger partial charge in [0, 0.05) is 44.5 Å². The fraction of sp³-hybridized carbons (Fsp3) is 0.333.